The van der Waals surface area contributed by atoms with E-state index >= 15 is 0 Å². The highest BCUT2D eigenvalue weighted by atomic mass is 79.9. The van der Waals surface area contributed by atoms with Gasteiger partial charge in [-0.05, 0) is 32.4 Å². The van der Waals surface area contributed by atoms with E-state index in [2.05, 4.69) is 15.9 Å². The molecule has 2 aromatic rings. The van der Waals surface area contributed by atoms with Crippen LogP contribution < -0.4 is 10.2 Å². The van der Waals surface area contributed by atoms with Gasteiger partial charge in [0.1, 0.15) is 22.5 Å². The maximum absolute atomic E-state index is 12.3. The fourth-order valence-electron chi connectivity index (χ4n) is 1.77. The van der Waals surface area contributed by atoms with Gasteiger partial charge in [0.15, 0.2) is 5.43 Å². The van der Waals surface area contributed by atoms with Crippen LogP contribution >= 0.6 is 15.9 Å². The lowest BCUT2D eigenvalue weighted by Crippen LogP contribution is -2.09. The molecule has 4 heteroatoms. The molecule has 0 amide bonds. The first kappa shape index (κ1) is 13.1. The highest BCUT2D eigenvalue weighted by Crippen LogP contribution is 2.24. The van der Waals surface area contributed by atoms with Crippen LogP contribution in [-0.2, 0) is 0 Å². The lowest BCUT2D eigenvalue weighted by atomic mass is 10.1. The summed E-state index contributed by atoms with van der Waals surface area (Å²) in [6.07, 6.45) is 0.895. The molecular formula is C14H15BrO3. The second-order valence-corrected chi connectivity index (χ2v) is 4.93. The van der Waals surface area contributed by atoms with Gasteiger partial charge >= 0.3 is 0 Å². The smallest absolute Gasteiger partial charge is 0.199 e. The normalized spacial score (nSPS) is 10.8. The molecule has 2 rings (SSSR count). The Hall–Kier alpha value is -1.29. The Labute approximate surface area is 114 Å². The Bertz CT molecular complexity index is 616. The standard InChI is InChI=1S/C14H15BrO3/c1-9-10(2)18-12-6-3-5-11(13(12)14(9)16)17-8-4-7-15/h3,5-6H,4,7-8H2,1-2H3. The number of ether oxygens (including phenoxy) is 1. The van der Waals surface area contributed by atoms with Crippen molar-refractivity contribution in [1.29, 1.82) is 0 Å². The summed E-state index contributed by atoms with van der Waals surface area (Å²) in [6.45, 7) is 4.15. The van der Waals surface area contributed by atoms with Gasteiger partial charge in [-0.15, -0.1) is 0 Å². The van der Waals surface area contributed by atoms with Crippen molar-refractivity contribution < 1.29 is 9.15 Å². The molecule has 0 unspecified atom stereocenters. The van der Waals surface area contributed by atoms with Crippen LogP contribution in [0, 0.1) is 13.8 Å². The molecule has 0 saturated heterocycles. The summed E-state index contributed by atoms with van der Waals surface area (Å²) in [5.74, 6) is 1.26. The molecule has 0 bridgehead atoms. The molecule has 1 aromatic heterocycles. The van der Waals surface area contributed by atoms with Gasteiger partial charge < -0.3 is 9.15 Å². The van der Waals surface area contributed by atoms with Crippen LogP contribution in [0.3, 0.4) is 0 Å². The molecule has 1 aromatic carbocycles. The topological polar surface area (TPSA) is 39.4 Å². The zero-order chi connectivity index (χ0) is 13.1. The Balaban J connectivity index is 2.54. The average molecular weight is 311 g/mol. The molecule has 0 atom stereocenters. The summed E-state index contributed by atoms with van der Waals surface area (Å²) in [5, 5.41) is 1.42. The van der Waals surface area contributed by atoms with Crippen molar-refractivity contribution in [3.8, 4) is 5.75 Å². The van der Waals surface area contributed by atoms with Crippen molar-refractivity contribution in [2.24, 2.45) is 0 Å². The van der Waals surface area contributed by atoms with Gasteiger partial charge in [-0.3, -0.25) is 4.79 Å². The van der Waals surface area contributed by atoms with E-state index in [1.54, 1.807) is 19.9 Å². The van der Waals surface area contributed by atoms with Crippen LogP contribution in [0.4, 0.5) is 0 Å². The summed E-state index contributed by atoms with van der Waals surface area (Å²) >= 11 is 3.35. The van der Waals surface area contributed by atoms with E-state index in [-0.39, 0.29) is 5.43 Å². The molecule has 0 N–H and O–H groups in total. The monoisotopic (exact) mass is 310 g/mol. The second kappa shape index (κ2) is 5.57. The van der Waals surface area contributed by atoms with Gasteiger partial charge in [0.05, 0.1) is 6.61 Å². The number of hydrogen-bond acceptors (Lipinski definition) is 3. The fourth-order valence-corrected chi connectivity index (χ4v) is 1.99. The van der Waals surface area contributed by atoms with Crippen LogP contribution in [0.15, 0.2) is 27.4 Å². The SMILES string of the molecule is Cc1oc2cccc(OCCCBr)c2c(=O)c1C. The zero-order valence-electron chi connectivity index (χ0n) is 10.5. The van der Waals surface area contributed by atoms with Crippen LogP contribution in [-0.4, -0.2) is 11.9 Å². The summed E-state index contributed by atoms with van der Waals surface area (Å²) in [6, 6.07) is 5.44. The largest absolute Gasteiger partial charge is 0.493 e. The molecule has 0 saturated carbocycles. The number of alkyl halides is 1. The molecule has 0 spiro atoms. The highest BCUT2D eigenvalue weighted by molar-refractivity contribution is 9.09. The van der Waals surface area contributed by atoms with Gasteiger partial charge in [-0.1, -0.05) is 22.0 Å². The lowest BCUT2D eigenvalue weighted by Gasteiger charge is -2.09. The first-order valence-electron chi connectivity index (χ1n) is 5.87. The number of fused-ring (bicyclic) bond motifs is 1. The van der Waals surface area contributed by atoms with Crippen molar-refractivity contribution in [2.45, 2.75) is 20.3 Å². The van der Waals surface area contributed by atoms with Gasteiger partial charge in [-0.25, -0.2) is 0 Å². The van der Waals surface area contributed by atoms with E-state index in [1.807, 2.05) is 12.1 Å². The molecule has 0 fully saturated rings. The Morgan fingerprint density at radius 2 is 2.11 bits per heavy atom. The summed E-state index contributed by atoms with van der Waals surface area (Å²) < 4.78 is 11.3. The third-order valence-electron chi connectivity index (χ3n) is 2.88. The minimum Gasteiger partial charge on any atom is -0.493 e. The summed E-state index contributed by atoms with van der Waals surface area (Å²) in [4.78, 5) is 12.3. The van der Waals surface area contributed by atoms with E-state index < -0.39 is 0 Å². The quantitative estimate of drug-likeness (QED) is 0.640. The number of rotatable bonds is 4. The Kier molecular flexibility index (Phi) is 4.07. The molecule has 18 heavy (non-hydrogen) atoms. The highest BCUT2D eigenvalue weighted by Gasteiger charge is 2.12. The van der Waals surface area contributed by atoms with Crippen molar-refractivity contribution in [3.63, 3.8) is 0 Å². The van der Waals surface area contributed by atoms with Gasteiger partial charge in [-0.2, -0.15) is 0 Å². The van der Waals surface area contributed by atoms with Crippen molar-refractivity contribution in [1.82, 2.24) is 0 Å². The summed E-state index contributed by atoms with van der Waals surface area (Å²) in [5.41, 5.74) is 1.21. The number of halogens is 1. The van der Waals surface area contributed by atoms with E-state index in [1.165, 1.54) is 0 Å². The van der Waals surface area contributed by atoms with E-state index in [0.29, 0.717) is 34.6 Å². The first-order chi connectivity index (χ1) is 8.65. The second-order valence-electron chi connectivity index (χ2n) is 4.13. The molecule has 96 valence electrons. The van der Waals surface area contributed by atoms with Crippen LogP contribution in [0.2, 0.25) is 0 Å². The predicted octanol–water partition coefficient (Wildman–Crippen LogP) is 3.57. The fraction of sp³-hybridized carbons (Fsp3) is 0.357. The third-order valence-corrected chi connectivity index (χ3v) is 3.44. The van der Waals surface area contributed by atoms with E-state index in [9.17, 15) is 4.79 Å². The predicted molar refractivity (Wildman–Crippen MR) is 75.9 cm³/mol. The third kappa shape index (κ3) is 2.43. The molecule has 0 aliphatic rings. The van der Waals surface area contributed by atoms with Gasteiger partial charge in [0.2, 0.25) is 0 Å². The molecule has 1 heterocycles. The number of benzene rings is 1. The molecule has 0 aliphatic heterocycles. The van der Waals surface area contributed by atoms with Crippen molar-refractivity contribution in [3.05, 3.63) is 39.7 Å². The van der Waals surface area contributed by atoms with E-state index in [4.69, 9.17) is 9.15 Å². The molecule has 3 nitrogen and oxygen atoms in total. The van der Waals surface area contributed by atoms with Crippen LogP contribution in [0.5, 0.6) is 5.75 Å². The Morgan fingerprint density at radius 1 is 1.33 bits per heavy atom. The zero-order valence-corrected chi connectivity index (χ0v) is 12.0. The van der Waals surface area contributed by atoms with Gasteiger partial charge in [0.25, 0.3) is 0 Å². The Morgan fingerprint density at radius 3 is 2.83 bits per heavy atom. The molecular weight excluding hydrogens is 296 g/mol. The lowest BCUT2D eigenvalue weighted by molar-refractivity contribution is 0.322. The maximum atomic E-state index is 12.3. The van der Waals surface area contributed by atoms with E-state index in [0.717, 1.165) is 11.8 Å². The van der Waals surface area contributed by atoms with Crippen molar-refractivity contribution in [2.75, 3.05) is 11.9 Å². The number of hydrogen-bond donors (Lipinski definition) is 0. The number of aryl methyl sites for hydroxylation is 1. The first-order valence-corrected chi connectivity index (χ1v) is 6.99. The molecule has 0 aliphatic carbocycles. The average Bonchev–Trinajstić information content (AvgIpc) is 2.36. The minimum atomic E-state index is -0.0109. The van der Waals surface area contributed by atoms with Gasteiger partial charge in [0, 0.05) is 10.9 Å². The minimum absolute atomic E-state index is 0.0109. The van der Waals surface area contributed by atoms with Crippen molar-refractivity contribution >= 4 is 26.9 Å². The molecule has 0 radical (unpaired) electrons. The maximum Gasteiger partial charge on any atom is 0.199 e. The van der Waals surface area contributed by atoms with Crippen LogP contribution in [0.1, 0.15) is 17.7 Å². The van der Waals surface area contributed by atoms with Crippen LogP contribution in [0.25, 0.3) is 11.0 Å². The summed E-state index contributed by atoms with van der Waals surface area (Å²) in [7, 11) is 0.